The molecule has 0 bridgehead atoms. The standard InChI is InChI=1S/C29H32FN5O4/c1-18-11-12-20(15-23(18)30)35(26(36)17-34-25-10-8-7-9-24(25)32-33-34)27(28(37)31-29(2,3)4)19-13-21(38-5)16-22(14-19)39-6/h7-16,27H,17H2,1-6H3,(H,31,37). The number of aryl methyl sites for hydroxylation is 1. The van der Waals surface area contributed by atoms with E-state index < -0.39 is 29.2 Å². The molecule has 4 aromatic rings. The fourth-order valence-electron chi connectivity index (χ4n) is 4.25. The molecule has 0 aliphatic rings. The van der Waals surface area contributed by atoms with Crippen LogP contribution in [0.1, 0.15) is 37.9 Å². The van der Waals surface area contributed by atoms with E-state index in [9.17, 15) is 14.0 Å². The summed E-state index contributed by atoms with van der Waals surface area (Å²) in [6, 6.07) is 15.5. The Balaban J connectivity index is 1.90. The van der Waals surface area contributed by atoms with Gasteiger partial charge in [-0.3, -0.25) is 14.5 Å². The number of ether oxygens (including phenoxy) is 2. The Morgan fingerprint density at radius 2 is 1.69 bits per heavy atom. The molecule has 1 atom stereocenters. The summed E-state index contributed by atoms with van der Waals surface area (Å²) in [6.07, 6.45) is 0. The molecule has 0 saturated heterocycles. The van der Waals surface area contributed by atoms with Gasteiger partial charge in [0.15, 0.2) is 0 Å². The highest BCUT2D eigenvalue weighted by atomic mass is 19.1. The molecule has 0 radical (unpaired) electrons. The first-order chi connectivity index (χ1) is 18.5. The Morgan fingerprint density at radius 1 is 1.03 bits per heavy atom. The van der Waals surface area contributed by atoms with Crippen LogP contribution in [-0.4, -0.2) is 46.6 Å². The van der Waals surface area contributed by atoms with Crippen LogP contribution in [0, 0.1) is 12.7 Å². The normalized spacial score (nSPS) is 12.2. The summed E-state index contributed by atoms with van der Waals surface area (Å²) in [4.78, 5) is 29.3. The van der Waals surface area contributed by atoms with Crippen molar-refractivity contribution in [2.75, 3.05) is 19.1 Å². The van der Waals surface area contributed by atoms with Crippen LogP contribution in [0.15, 0.2) is 60.7 Å². The molecular weight excluding hydrogens is 501 g/mol. The van der Waals surface area contributed by atoms with Gasteiger partial charge >= 0.3 is 0 Å². The fourth-order valence-corrected chi connectivity index (χ4v) is 4.25. The van der Waals surface area contributed by atoms with Crippen molar-refractivity contribution >= 4 is 28.5 Å². The summed E-state index contributed by atoms with van der Waals surface area (Å²) < 4.78 is 27.2. The number of methoxy groups -OCH3 is 2. The molecule has 0 fully saturated rings. The van der Waals surface area contributed by atoms with E-state index in [2.05, 4.69) is 15.6 Å². The van der Waals surface area contributed by atoms with Gasteiger partial charge in [0.1, 0.15) is 35.4 Å². The Hall–Kier alpha value is -4.47. The van der Waals surface area contributed by atoms with Crippen molar-refractivity contribution in [1.82, 2.24) is 20.3 Å². The zero-order valence-corrected chi connectivity index (χ0v) is 22.9. The number of hydrogen-bond acceptors (Lipinski definition) is 6. The van der Waals surface area contributed by atoms with Crippen LogP contribution < -0.4 is 19.7 Å². The zero-order valence-electron chi connectivity index (χ0n) is 22.9. The van der Waals surface area contributed by atoms with Crippen LogP contribution in [0.2, 0.25) is 0 Å². The minimum absolute atomic E-state index is 0.211. The number of anilines is 1. The minimum atomic E-state index is -1.20. The van der Waals surface area contributed by atoms with Crippen molar-refractivity contribution in [1.29, 1.82) is 0 Å². The quantitative estimate of drug-likeness (QED) is 0.356. The molecule has 1 unspecified atom stereocenters. The lowest BCUT2D eigenvalue weighted by Gasteiger charge is -2.34. The second kappa shape index (κ2) is 11.1. The van der Waals surface area contributed by atoms with Gasteiger partial charge in [-0.15, -0.1) is 5.10 Å². The van der Waals surface area contributed by atoms with Gasteiger partial charge in [-0.25, -0.2) is 9.07 Å². The van der Waals surface area contributed by atoms with Gasteiger partial charge in [0.2, 0.25) is 11.8 Å². The number of carbonyl (C=O) groups excluding carboxylic acids is 2. The molecule has 204 valence electrons. The average molecular weight is 534 g/mol. The number of aromatic nitrogens is 3. The van der Waals surface area contributed by atoms with E-state index in [1.165, 1.54) is 29.9 Å². The minimum Gasteiger partial charge on any atom is -0.497 e. The predicted octanol–water partition coefficient (Wildman–Crippen LogP) is 4.59. The maximum absolute atomic E-state index is 14.9. The number of halogens is 1. The van der Waals surface area contributed by atoms with Crippen LogP contribution in [0.4, 0.5) is 10.1 Å². The molecule has 3 aromatic carbocycles. The lowest BCUT2D eigenvalue weighted by molar-refractivity contribution is -0.128. The second-order valence-electron chi connectivity index (χ2n) is 10.2. The average Bonchev–Trinajstić information content (AvgIpc) is 3.30. The number of rotatable bonds is 8. The summed E-state index contributed by atoms with van der Waals surface area (Å²) in [5.41, 5.74) is 1.70. The number of para-hydroxylation sites is 1. The number of benzene rings is 3. The van der Waals surface area contributed by atoms with Crippen LogP contribution >= 0.6 is 0 Å². The van der Waals surface area contributed by atoms with Crippen molar-refractivity contribution in [2.45, 2.75) is 45.8 Å². The van der Waals surface area contributed by atoms with Gasteiger partial charge in [-0.2, -0.15) is 0 Å². The molecule has 0 aliphatic carbocycles. The third-order valence-corrected chi connectivity index (χ3v) is 6.10. The second-order valence-corrected chi connectivity index (χ2v) is 10.2. The van der Waals surface area contributed by atoms with Crippen LogP contribution in [0.5, 0.6) is 11.5 Å². The molecule has 39 heavy (non-hydrogen) atoms. The number of amides is 2. The monoisotopic (exact) mass is 533 g/mol. The summed E-state index contributed by atoms with van der Waals surface area (Å²) in [5, 5.41) is 11.2. The van der Waals surface area contributed by atoms with E-state index in [0.29, 0.717) is 33.7 Å². The third kappa shape index (κ3) is 6.17. The van der Waals surface area contributed by atoms with E-state index in [0.717, 1.165) is 0 Å². The van der Waals surface area contributed by atoms with Gasteiger partial charge in [-0.05, 0) is 75.2 Å². The fraction of sp³-hybridized carbons (Fsp3) is 0.310. The Bertz CT molecular complexity index is 1490. The van der Waals surface area contributed by atoms with Gasteiger partial charge in [0, 0.05) is 17.3 Å². The highest BCUT2D eigenvalue weighted by molar-refractivity contribution is 6.01. The predicted molar refractivity (Wildman–Crippen MR) is 146 cm³/mol. The molecule has 0 aliphatic heterocycles. The lowest BCUT2D eigenvalue weighted by Crippen LogP contribution is -2.50. The van der Waals surface area contributed by atoms with Gasteiger partial charge < -0.3 is 14.8 Å². The molecule has 10 heteroatoms. The highest BCUT2D eigenvalue weighted by Crippen LogP contribution is 2.34. The number of fused-ring (bicyclic) bond motifs is 1. The summed E-state index contributed by atoms with van der Waals surface area (Å²) in [5.74, 6) is -0.597. The summed E-state index contributed by atoms with van der Waals surface area (Å²) >= 11 is 0. The van der Waals surface area contributed by atoms with Crippen molar-refractivity contribution < 1.29 is 23.5 Å². The lowest BCUT2D eigenvalue weighted by atomic mass is 9.99. The van der Waals surface area contributed by atoms with Gasteiger partial charge in [-0.1, -0.05) is 23.4 Å². The van der Waals surface area contributed by atoms with Crippen molar-refractivity contribution in [3.05, 3.63) is 77.6 Å². The van der Waals surface area contributed by atoms with Crippen molar-refractivity contribution in [3.63, 3.8) is 0 Å². The molecule has 0 spiro atoms. The number of nitrogens with one attached hydrogen (secondary N) is 1. The van der Waals surface area contributed by atoms with Crippen LogP contribution in [0.25, 0.3) is 11.0 Å². The Labute approximate surface area is 226 Å². The molecule has 2 amide bonds. The van der Waals surface area contributed by atoms with E-state index in [-0.39, 0.29) is 12.2 Å². The molecule has 0 saturated carbocycles. The zero-order chi connectivity index (χ0) is 28.3. The third-order valence-electron chi connectivity index (χ3n) is 6.10. The Morgan fingerprint density at radius 3 is 2.31 bits per heavy atom. The molecule has 1 aromatic heterocycles. The molecule has 9 nitrogen and oxygen atoms in total. The first-order valence-electron chi connectivity index (χ1n) is 12.4. The maximum atomic E-state index is 14.9. The van der Waals surface area contributed by atoms with E-state index >= 15 is 0 Å². The molecule has 1 N–H and O–H groups in total. The maximum Gasteiger partial charge on any atom is 0.249 e. The van der Waals surface area contributed by atoms with Crippen LogP contribution in [0.3, 0.4) is 0 Å². The SMILES string of the molecule is COc1cc(OC)cc(C(C(=O)NC(C)(C)C)N(C(=O)Cn2nnc3ccccc32)c2ccc(C)c(F)c2)c1. The van der Waals surface area contributed by atoms with E-state index in [1.54, 1.807) is 49.4 Å². The Kier molecular flexibility index (Phi) is 7.85. The number of nitrogens with zero attached hydrogens (tertiary/aromatic N) is 4. The van der Waals surface area contributed by atoms with Gasteiger partial charge in [0.25, 0.3) is 0 Å². The van der Waals surface area contributed by atoms with E-state index in [1.807, 2.05) is 32.9 Å². The van der Waals surface area contributed by atoms with Crippen molar-refractivity contribution in [2.24, 2.45) is 0 Å². The molecular formula is C29H32FN5O4. The summed E-state index contributed by atoms with van der Waals surface area (Å²) in [6.45, 7) is 6.91. The smallest absolute Gasteiger partial charge is 0.249 e. The van der Waals surface area contributed by atoms with Gasteiger partial charge in [0.05, 0.1) is 19.7 Å². The van der Waals surface area contributed by atoms with Crippen molar-refractivity contribution in [3.8, 4) is 11.5 Å². The van der Waals surface area contributed by atoms with E-state index in [4.69, 9.17) is 9.47 Å². The molecule has 4 rings (SSSR count). The largest absolute Gasteiger partial charge is 0.497 e. The van der Waals surface area contributed by atoms with Crippen LogP contribution in [-0.2, 0) is 16.1 Å². The molecule has 1 heterocycles. The first-order valence-corrected chi connectivity index (χ1v) is 12.4. The highest BCUT2D eigenvalue weighted by Gasteiger charge is 2.36. The number of hydrogen-bond donors (Lipinski definition) is 1. The topological polar surface area (TPSA) is 98.6 Å². The number of carbonyl (C=O) groups is 2. The first kappa shape index (κ1) is 27.6. The summed E-state index contributed by atoms with van der Waals surface area (Å²) in [7, 11) is 2.99.